The van der Waals surface area contributed by atoms with Crippen LogP contribution in [0.5, 0.6) is 11.6 Å². The van der Waals surface area contributed by atoms with Gasteiger partial charge in [-0.2, -0.15) is 10.2 Å². The van der Waals surface area contributed by atoms with Gasteiger partial charge in [0.2, 0.25) is 5.88 Å². The van der Waals surface area contributed by atoms with E-state index >= 15 is 0 Å². The van der Waals surface area contributed by atoms with E-state index in [4.69, 9.17) is 9.47 Å². The minimum Gasteiger partial charge on any atom is -0.447 e. The second-order valence-corrected chi connectivity index (χ2v) is 9.88. The molecule has 1 aliphatic rings. The first-order chi connectivity index (χ1) is 18.0. The number of carbonyl (C=O) groups excluding carboxylic acids is 1. The topological polar surface area (TPSA) is 102 Å². The SMILES string of the molecule is CSc1nccc(Oc2ccc3c(C#N)c(-c4ccc(NC(=O)OC(C)C)cc4)n(C4CCC4)c3c2)n1. The number of hydrogen-bond donors (Lipinski definition) is 1. The Kier molecular flexibility index (Phi) is 7.01. The molecule has 4 aromatic rings. The number of nitrogens with zero attached hydrogens (tertiary/aromatic N) is 4. The molecule has 188 valence electrons. The zero-order chi connectivity index (χ0) is 25.9. The predicted molar refractivity (Wildman–Crippen MR) is 144 cm³/mol. The molecule has 0 saturated heterocycles. The van der Waals surface area contributed by atoms with Crippen molar-refractivity contribution in [1.82, 2.24) is 14.5 Å². The van der Waals surface area contributed by atoms with Gasteiger partial charge in [0.05, 0.1) is 22.9 Å². The van der Waals surface area contributed by atoms with E-state index in [0.29, 0.717) is 34.1 Å². The number of carbonyl (C=O) groups is 1. The molecule has 2 heterocycles. The number of benzene rings is 2. The van der Waals surface area contributed by atoms with Crippen LogP contribution in [0.3, 0.4) is 0 Å². The second kappa shape index (κ2) is 10.5. The van der Waals surface area contributed by atoms with E-state index in [1.54, 1.807) is 26.1 Å². The maximum atomic E-state index is 12.0. The van der Waals surface area contributed by atoms with E-state index < -0.39 is 6.09 Å². The molecule has 8 nitrogen and oxygen atoms in total. The summed E-state index contributed by atoms with van der Waals surface area (Å²) in [6, 6.07) is 17.8. The number of amides is 1. The number of anilines is 1. The van der Waals surface area contributed by atoms with Gasteiger partial charge in [0.25, 0.3) is 0 Å². The lowest BCUT2D eigenvalue weighted by Crippen LogP contribution is -2.18. The lowest BCUT2D eigenvalue weighted by atomic mass is 9.92. The molecule has 37 heavy (non-hydrogen) atoms. The fourth-order valence-corrected chi connectivity index (χ4v) is 4.80. The highest BCUT2D eigenvalue weighted by molar-refractivity contribution is 7.98. The zero-order valence-corrected chi connectivity index (χ0v) is 21.7. The molecule has 1 amide bonds. The van der Waals surface area contributed by atoms with Crippen molar-refractivity contribution >= 4 is 34.4 Å². The fourth-order valence-electron chi connectivity index (χ4n) is 4.45. The fraction of sp³-hybridized carbons (Fsp3) is 0.286. The third kappa shape index (κ3) is 5.11. The first-order valence-corrected chi connectivity index (χ1v) is 13.4. The van der Waals surface area contributed by atoms with E-state index in [1.807, 2.05) is 48.7 Å². The van der Waals surface area contributed by atoms with Gasteiger partial charge in [-0.3, -0.25) is 5.32 Å². The Balaban J connectivity index is 1.54. The maximum Gasteiger partial charge on any atom is 0.411 e. The summed E-state index contributed by atoms with van der Waals surface area (Å²) in [6.45, 7) is 3.60. The molecule has 2 aromatic heterocycles. The molecule has 9 heteroatoms. The Labute approximate surface area is 219 Å². The predicted octanol–water partition coefficient (Wildman–Crippen LogP) is 7.17. The maximum absolute atomic E-state index is 12.0. The Bertz CT molecular complexity index is 1490. The summed E-state index contributed by atoms with van der Waals surface area (Å²) in [6.07, 6.45) is 6.16. The smallest absolute Gasteiger partial charge is 0.411 e. The summed E-state index contributed by atoms with van der Waals surface area (Å²) < 4.78 is 13.5. The van der Waals surface area contributed by atoms with Crippen LogP contribution in [0.15, 0.2) is 59.9 Å². The highest BCUT2D eigenvalue weighted by Gasteiger charge is 2.28. The molecule has 1 aliphatic carbocycles. The molecule has 0 bridgehead atoms. The summed E-state index contributed by atoms with van der Waals surface area (Å²) in [5, 5.41) is 14.5. The van der Waals surface area contributed by atoms with Crippen molar-refractivity contribution in [2.24, 2.45) is 0 Å². The summed E-state index contributed by atoms with van der Waals surface area (Å²) in [4.78, 5) is 20.6. The molecule has 1 N–H and O–H groups in total. The molecule has 0 radical (unpaired) electrons. The molecule has 0 aliphatic heterocycles. The molecule has 2 aromatic carbocycles. The van der Waals surface area contributed by atoms with E-state index in [-0.39, 0.29) is 6.10 Å². The summed E-state index contributed by atoms with van der Waals surface area (Å²) in [7, 11) is 0. The van der Waals surface area contributed by atoms with Crippen LogP contribution in [-0.4, -0.2) is 33.0 Å². The second-order valence-electron chi connectivity index (χ2n) is 9.11. The van der Waals surface area contributed by atoms with Gasteiger partial charge in [0.15, 0.2) is 5.16 Å². The minimum absolute atomic E-state index is 0.202. The van der Waals surface area contributed by atoms with Crippen LogP contribution in [0.4, 0.5) is 10.5 Å². The van der Waals surface area contributed by atoms with Crippen molar-refractivity contribution in [2.45, 2.75) is 50.4 Å². The third-order valence-electron chi connectivity index (χ3n) is 6.29. The normalized spacial score (nSPS) is 13.3. The average Bonchev–Trinajstić information content (AvgIpc) is 3.16. The number of aromatic nitrogens is 3. The van der Waals surface area contributed by atoms with Gasteiger partial charge >= 0.3 is 6.09 Å². The van der Waals surface area contributed by atoms with Crippen LogP contribution in [0.2, 0.25) is 0 Å². The Morgan fingerprint density at radius 3 is 2.62 bits per heavy atom. The number of rotatable bonds is 7. The summed E-state index contributed by atoms with van der Waals surface area (Å²) >= 11 is 1.45. The van der Waals surface area contributed by atoms with E-state index in [1.165, 1.54) is 11.8 Å². The van der Waals surface area contributed by atoms with Crippen molar-refractivity contribution in [3.8, 4) is 29.0 Å². The Morgan fingerprint density at radius 1 is 1.19 bits per heavy atom. The quantitative estimate of drug-likeness (QED) is 0.206. The first-order valence-electron chi connectivity index (χ1n) is 12.2. The highest BCUT2D eigenvalue weighted by Crippen LogP contribution is 2.43. The average molecular weight is 514 g/mol. The van der Waals surface area contributed by atoms with Crippen molar-refractivity contribution in [3.63, 3.8) is 0 Å². The molecule has 1 fully saturated rings. The molecule has 0 unspecified atom stereocenters. The third-order valence-corrected chi connectivity index (χ3v) is 6.85. The van der Waals surface area contributed by atoms with Crippen LogP contribution >= 0.6 is 11.8 Å². The molecule has 5 rings (SSSR count). The van der Waals surface area contributed by atoms with Gasteiger partial charge in [0, 0.05) is 35.4 Å². The number of ether oxygens (including phenoxy) is 2. The van der Waals surface area contributed by atoms with Crippen molar-refractivity contribution in [1.29, 1.82) is 5.26 Å². The molecule has 0 atom stereocenters. The number of hydrogen-bond acceptors (Lipinski definition) is 7. The summed E-state index contributed by atoms with van der Waals surface area (Å²) in [5.74, 6) is 1.12. The Morgan fingerprint density at radius 2 is 1.97 bits per heavy atom. The van der Waals surface area contributed by atoms with Gasteiger partial charge in [-0.05, 0) is 69.2 Å². The summed E-state index contributed by atoms with van der Waals surface area (Å²) in [5.41, 5.74) is 3.99. The Hall–Kier alpha value is -4.03. The van der Waals surface area contributed by atoms with Crippen LogP contribution in [0.25, 0.3) is 22.2 Å². The van der Waals surface area contributed by atoms with E-state index in [9.17, 15) is 10.1 Å². The van der Waals surface area contributed by atoms with Gasteiger partial charge < -0.3 is 14.0 Å². The number of thioether (sulfide) groups is 1. The lowest BCUT2D eigenvalue weighted by molar-refractivity contribution is 0.130. The monoisotopic (exact) mass is 513 g/mol. The molecular formula is C28H27N5O3S. The van der Waals surface area contributed by atoms with Gasteiger partial charge in [-0.15, -0.1) is 0 Å². The minimum atomic E-state index is -0.495. The number of nitrogens with one attached hydrogen (secondary N) is 1. The van der Waals surface area contributed by atoms with Crippen molar-refractivity contribution < 1.29 is 14.3 Å². The highest BCUT2D eigenvalue weighted by atomic mass is 32.2. The van der Waals surface area contributed by atoms with Crippen molar-refractivity contribution in [3.05, 3.63) is 60.3 Å². The van der Waals surface area contributed by atoms with Crippen LogP contribution < -0.4 is 10.1 Å². The van der Waals surface area contributed by atoms with Gasteiger partial charge in [0.1, 0.15) is 11.8 Å². The van der Waals surface area contributed by atoms with Crippen LogP contribution in [0.1, 0.15) is 44.7 Å². The first kappa shape index (κ1) is 24.7. The van der Waals surface area contributed by atoms with Crippen LogP contribution in [-0.2, 0) is 4.74 Å². The van der Waals surface area contributed by atoms with Gasteiger partial charge in [-0.25, -0.2) is 9.78 Å². The standard InChI is InChI=1S/C28H27N5O3S/c1-17(2)35-28(34)31-19-9-7-18(8-10-19)26-23(16-29)22-12-11-21(15-24(22)33(26)20-5-4-6-20)36-25-13-14-30-27(32-25)37-3/h7-15,17,20H,4-6H2,1-3H3,(H,31,34). The van der Waals surface area contributed by atoms with Crippen molar-refractivity contribution in [2.75, 3.05) is 11.6 Å². The lowest BCUT2D eigenvalue weighted by Gasteiger charge is -2.30. The largest absolute Gasteiger partial charge is 0.447 e. The molecule has 1 saturated carbocycles. The number of fused-ring (bicyclic) bond motifs is 1. The van der Waals surface area contributed by atoms with E-state index in [0.717, 1.165) is 41.4 Å². The zero-order valence-electron chi connectivity index (χ0n) is 20.9. The molecular weight excluding hydrogens is 486 g/mol. The molecule has 0 spiro atoms. The van der Waals surface area contributed by atoms with Gasteiger partial charge in [-0.1, -0.05) is 23.9 Å². The number of nitriles is 1. The van der Waals surface area contributed by atoms with Crippen LogP contribution in [0, 0.1) is 11.3 Å². The van der Waals surface area contributed by atoms with E-state index in [2.05, 4.69) is 25.9 Å².